The molecule has 3 aromatic carbocycles. The van der Waals surface area contributed by atoms with Gasteiger partial charge in [0.05, 0.1) is 12.2 Å². The lowest BCUT2D eigenvalue weighted by Gasteiger charge is -2.10. The quantitative estimate of drug-likeness (QED) is 0.112. The average molecular weight is 501 g/mol. The summed E-state index contributed by atoms with van der Waals surface area (Å²) in [6, 6.07) is 23.6. The van der Waals surface area contributed by atoms with Crippen LogP contribution in [-0.4, -0.2) is 12.6 Å². The standard InChI is InChI=1S/C34H44O3/c1-4-6-7-8-9-10-11-12-25-36-32-21-17-29(18-22-32)30-19-23-33(24-20-30)37-34(35)31-15-13-28(14-16-31)26-27(3)5-2/h13-24,27H,4-12,25-26H2,1-3H3/t27-/m0/s1. The van der Waals surface area contributed by atoms with Crippen molar-refractivity contribution in [1.82, 2.24) is 0 Å². The second-order valence-corrected chi connectivity index (χ2v) is 10.2. The maximum atomic E-state index is 12.6. The normalized spacial score (nSPS) is 11.8. The fourth-order valence-corrected chi connectivity index (χ4v) is 4.37. The van der Waals surface area contributed by atoms with Gasteiger partial charge < -0.3 is 9.47 Å². The van der Waals surface area contributed by atoms with Crippen LogP contribution in [0.15, 0.2) is 72.8 Å². The van der Waals surface area contributed by atoms with Crippen LogP contribution < -0.4 is 9.47 Å². The maximum Gasteiger partial charge on any atom is 0.343 e. The van der Waals surface area contributed by atoms with E-state index in [1.807, 2.05) is 60.7 Å². The van der Waals surface area contributed by atoms with Crippen LogP contribution in [0.25, 0.3) is 11.1 Å². The molecule has 3 heteroatoms. The number of hydrogen-bond acceptors (Lipinski definition) is 3. The van der Waals surface area contributed by atoms with Gasteiger partial charge in [-0.2, -0.15) is 0 Å². The first-order valence-corrected chi connectivity index (χ1v) is 14.2. The van der Waals surface area contributed by atoms with Crippen LogP contribution in [-0.2, 0) is 6.42 Å². The van der Waals surface area contributed by atoms with E-state index in [2.05, 4.69) is 32.9 Å². The SMILES string of the molecule is CCCCCCCCCCOc1ccc(-c2ccc(OC(=O)c3ccc(C[C@@H](C)CC)cc3)cc2)cc1. The summed E-state index contributed by atoms with van der Waals surface area (Å²) in [5.74, 6) is 1.76. The van der Waals surface area contributed by atoms with Crippen molar-refractivity contribution in [1.29, 1.82) is 0 Å². The Hall–Kier alpha value is -3.07. The van der Waals surface area contributed by atoms with Gasteiger partial charge in [-0.25, -0.2) is 4.79 Å². The highest BCUT2D eigenvalue weighted by molar-refractivity contribution is 5.91. The van der Waals surface area contributed by atoms with Gasteiger partial charge in [0.2, 0.25) is 0 Å². The predicted molar refractivity (Wildman–Crippen MR) is 155 cm³/mol. The molecule has 0 aliphatic heterocycles. The molecule has 3 nitrogen and oxygen atoms in total. The number of unbranched alkanes of at least 4 members (excludes halogenated alkanes) is 7. The van der Waals surface area contributed by atoms with Crippen LogP contribution in [0.1, 0.15) is 94.5 Å². The van der Waals surface area contributed by atoms with E-state index >= 15 is 0 Å². The monoisotopic (exact) mass is 500 g/mol. The summed E-state index contributed by atoms with van der Waals surface area (Å²) in [6.07, 6.45) is 12.6. The van der Waals surface area contributed by atoms with Gasteiger partial charge in [0.25, 0.3) is 0 Å². The Morgan fingerprint density at radius 1 is 0.676 bits per heavy atom. The third kappa shape index (κ3) is 10.1. The molecular weight excluding hydrogens is 456 g/mol. The van der Waals surface area contributed by atoms with E-state index in [1.54, 1.807) is 0 Å². The number of rotatable bonds is 16. The number of ether oxygens (including phenoxy) is 2. The van der Waals surface area contributed by atoms with E-state index in [1.165, 1.54) is 50.5 Å². The Labute approximate surface area is 224 Å². The zero-order valence-corrected chi connectivity index (χ0v) is 23.0. The summed E-state index contributed by atoms with van der Waals surface area (Å²) in [6.45, 7) is 7.47. The van der Waals surface area contributed by atoms with Crippen molar-refractivity contribution in [2.45, 2.75) is 85.0 Å². The van der Waals surface area contributed by atoms with E-state index in [-0.39, 0.29) is 5.97 Å². The summed E-state index contributed by atoms with van der Waals surface area (Å²) in [7, 11) is 0. The molecule has 0 heterocycles. The summed E-state index contributed by atoms with van der Waals surface area (Å²) < 4.78 is 11.5. The molecule has 0 radical (unpaired) electrons. The number of benzene rings is 3. The van der Waals surface area contributed by atoms with E-state index in [4.69, 9.17) is 9.47 Å². The summed E-state index contributed by atoms with van der Waals surface area (Å²) >= 11 is 0. The van der Waals surface area contributed by atoms with E-state index in [0.29, 0.717) is 17.2 Å². The van der Waals surface area contributed by atoms with Gasteiger partial charge >= 0.3 is 5.97 Å². The zero-order chi connectivity index (χ0) is 26.3. The summed E-state index contributed by atoms with van der Waals surface area (Å²) in [5.41, 5.74) is 4.00. The predicted octanol–water partition coefficient (Wildman–Crippen LogP) is 9.68. The smallest absolute Gasteiger partial charge is 0.343 e. The first-order chi connectivity index (χ1) is 18.1. The Morgan fingerprint density at radius 2 is 1.22 bits per heavy atom. The highest BCUT2D eigenvalue weighted by atomic mass is 16.5. The third-order valence-corrected chi connectivity index (χ3v) is 6.99. The van der Waals surface area contributed by atoms with E-state index < -0.39 is 0 Å². The van der Waals surface area contributed by atoms with E-state index in [9.17, 15) is 4.79 Å². The van der Waals surface area contributed by atoms with Crippen LogP contribution in [0.2, 0.25) is 0 Å². The molecule has 0 aliphatic carbocycles. The number of carbonyl (C=O) groups excluding carboxylic acids is 1. The topological polar surface area (TPSA) is 35.5 Å². The third-order valence-electron chi connectivity index (χ3n) is 6.99. The molecule has 0 aromatic heterocycles. The lowest BCUT2D eigenvalue weighted by atomic mass is 9.98. The van der Waals surface area contributed by atoms with Gasteiger partial charge in [0, 0.05) is 0 Å². The number of esters is 1. The Kier molecular flexibility index (Phi) is 12.3. The lowest BCUT2D eigenvalue weighted by Crippen LogP contribution is -2.08. The highest BCUT2D eigenvalue weighted by Gasteiger charge is 2.10. The van der Waals surface area contributed by atoms with Crippen molar-refractivity contribution in [2.24, 2.45) is 5.92 Å². The molecule has 0 spiro atoms. The van der Waals surface area contributed by atoms with Gasteiger partial charge in [-0.15, -0.1) is 0 Å². The lowest BCUT2D eigenvalue weighted by molar-refractivity contribution is 0.0734. The summed E-state index contributed by atoms with van der Waals surface area (Å²) in [5, 5.41) is 0. The van der Waals surface area contributed by atoms with Gasteiger partial charge in [-0.05, 0) is 71.8 Å². The number of hydrogen-bond donors (Lipinski definition) is 0. The van der Waals surface area contributed by atoms with Crippen LogP contribution >= 0.6 is 0 Å². The molecule has 37 heavy (non-hydrogen) atoms. The van der Waals surface area contributed by atoms with Crippen molar-refractivity contribution < 1.29 is 14.3 Å². The molecule has 0 N–H and O–H groups in total. The molecule has 198 valence electrons. The maximum absolute atomic E-state index is 12.6. The van der Waals surface area contributed by atoms with Gasteiger partial charge in [0.1, 0.15) is 11.5 Å². The van der Waals surface area contributed by atoms with Crippen LogP contribution in [0, 0.1) is 5.92 Å². The van der Waals surface area contributed by atoms with Gasteiger partial charge in [0.15, 0.2) is 0 Å². The first kappa shape index (κ1) is 28.5. The molecule has 3 rings (SSSR count). The van der Waals surface area contributed by atoms with Gasteiger partial charge in [-0.1, -0.05) is 109 Å². The molecule has 1 atom stereocenters. The molecule has 0 unspecified atom stereocenters. The average Bonchev–Trinajstić information content (AvgIpc) is 2.93. The highest BCUT2D eigenvalue weighted by Crippen LogP contribution is 2.25. The van der Waals surface area contributed by atoms with Crippen molar-refractivity contribution in [2.75, 3.05) is 6.61 Å². The molecular formula is C34H44O3. The Bertz CT molecular complexity index is 1040. The zero-order valence-electron chi connectivity index (χ0n) is 23.0. The Morgan fingerprint density at radius 3 is 1.78 bits per heavy atom. The Balaban J connectivity index is 1.42. The van der Waals surface area contributed by atoms with Crippen molar-refractivity contribution in [3.63, 3.8) is 0 Å². The van der Waals surface area contributed by atoms with Gasteiger partial charge in [-0.3, -0.25) is 0 Å². The second kappa shape index (κ2) is 15.9. The second-order valence-electron chi connectivity index (χ2n) is 10.2. The molecule has 0 amide bonds. The van der Waals surface area contributed by atoms with Crippen LogP contribution in [0.5, 0.6) is 11.5 Å². The molecule has 0 bridgehead atoms. The minimum absolute atomic E-state index is 0.333. The van der Waals surface area contributed by atoms with Crippen molar-refractivity contribution in [3.05, 3.63) is 83.9 Å². The summed E-state index contributed by atoms with van der Waals surface area (Å²) in [4.78, 5) is 12.6. The van der Waals surface area contributed by atoms with Crippen molar-refractivity contribution >= 4 is 5.97 Å². The van der Waals surface area contributed by atoms with Crippen molar-refractivity contribution in [3.8, 4) is 22.6 Å². The molecule has 0 aliphatic rings. The van der Waals surface area contributed by atoms with Crippen LogP contribution in [0.4, 0.5) is 0 Å². The van der Waals surface area contributed by atoms with Crippen LogP contribution in [0.3, 0.4) is 0 Å². The molecule has 0 saturated carbocycles. The largest absolute Gasteiger partial charge is 0.494 e. The minimum Gasteiger partial charge on any atom is -0.494 e. The first-order valence-electron chi connectivity index (χ1n) is 14.2. The fourth-order valence-electron chi connectivity index (χ4n) is 4.37. The van der Waals surface area contributed by atoms with E-state index in [0.717, 1.165) is 42.7 Å². The fraction of sp³-hybridized carbons (Fsp3) is 0.441. The molecule has 0 saturated heterocycles. The minimum atomic E-state index is -0.333. The number of carbonyl (C=O) groups is 1. The molecule has 3 aromatic rings. The molecule has 0 fully saturated rings.